The van der Waals surface area contributed by atoms with Crippen molar-refractivity contribution in [2.75, 3.05) is 44.4 Å². The fourth-order valence-electron chi connectivity index (χ4n) is 5.27. The van der Waals surface area contributed by atoms with Gasteiger partial charge in [0.05, 0.1) is 25.8 Å². The number of allylic oxidation sites excluding steroid dienone is 1. The highest BCUT2D eigenvalue weighted by molar-refractivity contribution is 5.94. The number of nitrogens with zero attached hydrogens (tertiary/aromatic N) is 1. The number of fused-ring (bicyclic) bond motifs is 1. The van der Waals surface area contributed by atoms with Crippen LogP contribution in [0.1, 0.15) is 47.2 Å². The molecule has 4 rings (SSSR count). The molecule has 0 bridgehead atoms. The number of hydrogen-bond donors (Lipinski definition) is 4. The van der Waals surface area contributed by atoms with Crippen molar-refractivity contribution in [3.05, 3.63) is 58.7 Å². The molecule has 2 aromatic rings. The highest BCUT2D eigenvalue weighted by atomic mass is 19.4. The molecule has 1 unspecified atom stereocenters. The topological polar surface area (TPSA) is 109 Å². The number of anilines is 2. The molecule has 1 saturated heterocycles. The van der Waals surface area contributed by atoms with E-state index >= 15 is 0 Å². The molecule has 3 amide bonds. The summed E-state index contributed by atoms with van der Waals surface area (Å²) in [6.45, 7) is 1.92. The molecule has 2 aromatic carbocycles. The molecule has 0 spiro atoms. The van der Waals surface area contributed by atoms with E-state index in [4.69, 9.17) is 10.5 Å². The van der Waals surface area contributed by atoms with Crippen molar-refractivity contribution in [3.63, 3.8) is 0 Å². The number of aryl methyl sites for hydroxylation is 1. The zero-order valence-electron chi connectivity index (χ0n) is 23.7. The second-order valence-corrected chi connectivity index (χ2v) is 10.6. The number of carbonyl (C=O) groups excluding carboxylic acids is 2. The van der Waals surface area contributed by atoms with Crippen LogP contribution in [0.5, 0.6) is 5.75 Å². The first kappa shape index (κ1) is 30.8. The first-order valence-electron chi connectivity index (χ1n) is 13.9. The van der Waals surface area contributed by atoms with Crippen LogP contribution in [0.25, 0.3) is 6.08 Å². The van der Waals surface area contributed by atoms with Gasteiger partial charge in [-0.1, -0.05) is 24.0 Å². The average molecular weight is 584 g/mol. The summed E-state index contributed by atoms with van der Waals surface area (Å²) in [4.78, 5) is 26.5. The monoisotopic (exact) mass is 583 g/mol. The number of nitrogens with two attached hydrogens (primary N) is 1. The summed E-state index contributed by atoms with van der Waals surface area (Å²) in [5, 5.41) is 9.01. The van der Waals surface area contributed by atoms with Gasteiger partial charge < -0.3 is 31.3 Å². The number of hydrogen-bond acceptors (Lipinski definition) is 5. The molecule has 224 valence electrons. The molecule has 0 radical (unpaired) electrons. The maximum Gasteiger partial charge on any atom is 0.389 e. The van der Waals surface area contributed by atoms with Crippen LogP contribution < -0.4 is 26.4 Å². The van der Waals surface area contributed by atoms with Crippen LogP contribution in [-0.2, 0) is 6.42 Å². The van der Waals surface area contributed by atoms with E-state index in [0.717, 1.165) is 31.5 Å². The maximum absolute atomic E-state index is 13.6. The van der Waals surface area contributed by atoms with Crippen LogP contribution in [-0.4, -0.2) is 62.8 Å². The number of piperidine rings is 1. The number of ether oxygens (including phenoxy) is 1. The Morgan fingerprint density at radius 1 is 1.12 bits per heavy atom. The van der Waals surface area contributed by atoms with Crippen molar-refractivity contribution in [1.82, 2.24) is 10.2 Å². The highest BCUT2D eigenvalue weighted by Crippen LogP contribution is 2.37. The number of alkyl halides is 3. The van der Waals surface area contributed by atoms with Gasteiger partial charge in [-0.2, -0.15) is 13.2 Å². The summed E-state index contributed by atoms with van der Waals surface area (Å²) >= 11 is 0. The predicted molar refractivity (Wildman–Crippen MR) is 157 cm³/mol. The highest BCUT2D eigenvalue weighted by Gasteiger charge is 2.34. The van der Waals surface area contributed by atoms with E-state index in [9.17, 15) is 22.8 Å². The lowest BCUT2D eigenvalue weighted by atomic mass is 9.91. The summed E-state index contributed by atoms with van der Waals surface area (Å²) < 4.78 is 46.0. The Morgan fingerprint density at radius 2 is 1.88 bits per heavy atom. The quantitative estimate of drug-likeness (QED) is 0.342. The largest absolute Gasteiger partial charge is 0.495 e. The Labute approximate surface area is 243 Å². The van der Waals surface area contributed by atoms with E-state index in [1.54, 1.807) is 30.3 Å². The van der Waals surface area contributed by atoms with Gasteiger partial charge in [-0.15, -0.1) is 0 Å². The first-order valence-corrected chi connectivity index (χ1v) is 13.9. The third-order valence-corrected chi connectivity index (χ3v) is 7.56. The van der Waals surface area contributed by atoms with Gasteiger partial charge in [0.1, 0.15) is 5.75 Å². The lowest BCUT2D eigenvalue weighted by Crippen LogP contribution is -2.44. The summed E-state index contributed by atoms with van der Waals surface area (Å²) in [6, 6.07) is 9.82. The van der Waals surface area contributed by atoms with Crippen LogP contribution in [0.15, 0.2) is 42.0 Å². The molecule has 1 heterocycles. The Kier molecular flexibility index (Phi) is 10.0. The minimum absolute atomic E-state index is 0.0646. The Balaban J connectivity index is 1.55. The van der Waals surface area contributed by atoms with Crippen molar-refractivity contribution in [1.29, 1.82) is 0 Å². The van der Waals surface area contributed by atoms with Crippen molar-refractivity contribution >= 4 is 29.4 Å². The molecular weight excluding hydrogens is 547 g/mol. The van der Waals surface area contributed by atoms with E-state index in [1.807, 2.05) is 13.1 Å². The Bertz CT molecular complexity index is 1390. The van der Waals surface area contributed by atoms with Crippen LogP contribution >= 0.6 is 0 Å². The van der Waals surface area contributed by atoms with Gasteiger partial charge >= 0.3 is 12.2 Å². The van der Waals surface area contributed by atoms with E-state index in [-0.39, 0.29) is 30.6 Å². The Hall–Kier alpha value is -4.17. The van der Waals surface area contributed by atoms with Crippen LogP contribution in [0.2, 0.25) is 0 Å². The molecule has 1 atom stereocenters. The van der Waals surface area contributed by atoms with Gasteiger partial charge in [0.2, 0.25) is 5.91 Å². The third-order valence-electron chi connectivity index (χ3n) is 7.56. The second-order valence-electron chi connectivity index (χ2n) is 10.6. The fraction of sp³-hybridized carbons (Fsp3) is 0.419. The van der Waals surface area contributed by atoms with Gasteiger partial charge in [-0.3, -0.25) is 4.79 Å². The number of halogens is 3. The summed E-state index contributed by atoms with van der Waals surface area (Å²) in [5.74, 6) is 4.87. The minimum atomic E-state index is -4.36. The Morgan fingerprint density at radius 3 is 2.57 bits per heavy atom. The standard InChI is InChI=1S/C31H36F3N5O3/c1-39-15-12-24(13-16-39)37-30(41)38-26-7-3-5-20-8-9-23(19-31(32,33)34)21(17-25(20)26)6-4-14-36-27-11-10-22(29(35)40)18-28(27)42-2/h3,5,7,10-11,17-18,23-24,36H,8-9,12-16,19H2,1-2H3,(H2,35,40)(H2,37,38,41). The molecule has 0 aromatic heterocycles. The SMILES string of the molecule is COc1cc(C(N)=O)ccc1NCC#CC1=Cc2c(cccc2NC(=O)NC2CCN(C)CC2)CCC1CC(F)(F)F. The van der Waals surface area contributed by atoms with E-state index in [0.29, 0.717) is 34.7 Å². The van der Waals surface area contributed by atoms with Gasteiger partial charge in [0.15, 0.2) is 0 Å². The van der Waals surface area contributed by atoms with Crippen molar-refractivity contribution in [3.8, 4) is 17.6 Å². The number of rotatable bonds is 7. The molecule has 2 aliphatic rings. The van der Waals surface area contributed by atoms with Crippen LogP contribution in [0, 0.1) is 17.8 Å². The molecule has 0 saturated carbocycles. The van der Waals surface area contributed by atoms with Crippen molar-refractivity contribution in [2.45, 2.75) is 44.3 Å². The first-order chi connectivity index (χ1) is 20.0. The zero-order valence-corrected chi connectivity index (χ0v) is 23.7. The predicted octanol–water partition coefficient (Wildman–Crippen LogP) is 5.02. The molecule has 1 fully saturated rings. The van der Waals surface area contributed by atoms with Gasteiger partial charge in [-0.25, -0.2) is 4.79 Å². The third kappa shape index (κ3) is 8.42. The lowest BCUT2D eigenvalue weighted by Gasteiger charge is -2.29. The maximum atomic E-state index is 13.6. The van der Waals surface area contributed by atoms with E-state index in [1.165, 1.54) is 13.2 Å². The summed E-state index contributed by atoms with van der Waals surface area (Å²) in [6.07, 6.45) is -1.27. The number of primary amides is 1. The molecule has 42 heavy (non-hydrogen) atoms. The number of amides is 3. The second kappa shape index (κ2) is 13.7. The number of nitrogens with one attached hydrogen (secondary N) is 3. The van der Waals surface area contributed by atoms with Gasteiger partial charge in [0.25, 0.3) is 0 Å². The number of likely N-dealkylation sites (tertiary alicyclic amines) is 1. The van der Waals surface area contributed by atoms with Crippen molar-refractivity contribution in [2.24, 2.45) is 11.7 Å². The van der Waals surface area contributed by atoms with E-state index in [2.05, 4.69) is 32.7 Å². The minimum Gasteiger partial charge on any atom is -0.495 e. The van der Waals surface area contributed by atoms with Crippen LogP contribution in [0.3, 0.4) is 0 Å². The van der Waals surface area contributed by atoms with Gasteiger partial charge in [0, 0.05) is 34.3 Å². The average Bonchev–Trinajstić information content (AvgIpc) is 3.11. The number of carbonyl (C=O) groups is 2. The lowest BCUT2D eigenvalue weighted by molar-refractivity contribution is -0.141. The molecule has 1 aliphatic carbocycles. The normalized spacial score (nSPS) is 17.5. The zero-order chi connectivity index (χ0) is 30.3. The summed E-state index contributed by atoms with van der Waals surface area (Å²) in [5.41, 5.74) is 8.58. The fourth-order valence-corrected chi connectivity index (χ4v) is 5.27. The van der Waals surface area contributed by atoms with E-state index < -0.39 is 24.4 Å². The molecule has 8 nitrogen and oxygen atoms in total. The molecule has 1 aliphatic heterocycles. The van der Waals surface area contributed by atoms with Crippen molar-refractivity contribution < 1.29 is 27.5 Å². The number of benzene rings is 2. The molecule has 5 N–H and O–H groups in total. The number of methoxy groups -OCH3 is 1. The smallest absolute Gasteiger partial charge is 0.389 e. The number of urea groups is 1. The molecular formula is C31H36F3N5O3. The summed E-state index contributed by atoms with van der Waals surface area (Å²) in [7, 11) is 3.50. The van der Waals surface area contributed by atoms with Crippen LogP contribution in [0.4, 0.5) is 29.3 Å². The molecule has 11 heteroatoms. The van der Waals surface area contributed by atoms with Gasteiger partial charge in [-0.05, 0) is 81.7 Å².